The third kappa shape index (κ3) is 5.23. The lowest BCUT2D eigenvalue weighted by Crippen LogP contribution is -2.18. The Hall–Kier alpha value is -4.06. The first-order chi connectivity index (χ1) is 19.1. The highest BCUT2D eigenvalue weighted by Crippen LogP contribution is 2.50. The Labute approximate surface area is 235 Å². The van der Waals surface area contributed by atoms with Gasteiger partial charge in [0, 0.05) is 60.9 Å². The van der Waals surface area contributed by atoms with Crippen molar-refractivity contribution in [3.8, 4) is 28.2 Å². The van der Waals surface area contributed by atoms with Gasteiger partial charge in [-0.25, -0.2) is 4.39 Å². The molecule has 1 saturated carbocycles. The number of hydrogen-bond donors (Lipinski definition) is 1. The van der Waals surface area contributed by atoms with Gasteiger partial charge in [0.15, 0.2) is 0 Å². The van der Waals surface area contributed by atoms with Gasteiger partial charge < -0.3 is 19.4 Å². The average molecular weight is 541 g/mol. The van der Waals surface area contributed by atoms with Gasteiger partial charge in [0.1, 0.15) is 22.9 Å². The van der Waals surface area contributed by atoms with Crippen molar-refractivity contribution in [2.75, 3.05) is 26.0 Å². The summed E-state index contributed by atoms with van der Waals surface area (Å²) in [6, 6.07) is 16.4. The molecular formula is C34H37FN2O3. The van der Waals surface area contributed by atoms with Crippen molar-refractivity contribution in [1.82, 2.24) is 5.32 Å². The smallest absolute Gasteiger partial charge is 0.255 e. The summed E-state index contributed by atoms with van der Waals surface area (Å²) >= 11 is 0. The summed E-state index contributed by atoms with van der Waals surface area (Å²) in [5.41, 5.74) is 6.89. The van der Waals surface area contributed by atoms with Gasteiger partial charge in [0.25, 0.3) is 5.91 Å². The number of ether oxygens (including phenoxy) is 1. The lowest BCUT2D eigenvalue weighted by Gasteiger charge is -2.24. The molecule has 0 radical (unpaired) electrons. The van der Waals surface area contributed by atoms with E-state index in [-0.39, 0.29) is 23.7 Å². The van der Waals surface area contributed by atoms with Crippen molar-refractivity contribution in [1.29, 1.82) is 0 Å². The molecular weight excluding hydrogens is 503 g/mol. The molecule has 5 nitrogen and oxygen atoms in total. The minimum absolute atomic E-state index is 0.0502. The summed E-state index contributed by atoms with van der Waals surface area (Å²) in [5, 5.41) is 3.45. The maximum atomic E-state index is 13.7. The van der Waals surface area contributed by atoms with Crippen molar-refractivity contribution < 1.29 is 18.3 Å². The van der Waals surface area contributed by atoms with E-state index in [0.717, 1.165) is 33.7 Å². The number of amides is 1. The van der Waals surface area contributed by atoms with Gasteiger partial charge in [-0.1, -0.05) is 18.2 Å². The molecule has 1 atom stereocenters. The van der Waals surface area contributed by atoms with Crippen LogP contribution in [0.5, 0.6) is 5.75 Å². The zero-order chi connectivity index (χ0) is 28.7. The third-order valence-corrected chi connectivity index (χ3v) is 7.49. The van der Waals surface area contributed by atoms with Crippen molar-refractivity contribution >= 4 is 22.6 Å². The summed E-state index contributed by atoms with van der Waals surface area (Å²) in [6.45, 7) is 10.5. The summed E-state index contributed by atoms with van der Waals surface area (Å²) < 4.78 is 26.2. The summed E-state index contributed by atoms with van der Waals surface area (Å²) in [6.07, 6.45) is 2.43. The maximum Gasteiger partial charge on any atom is 0.255 e. The number of benzene rings is 3. The van der Waals surface area contributed by atoms with Crippen molar-refractivity contribution in [2.24, 2.45) is 5.92 Å². The van der Waals surface area contributed by atoms with Crippen LogP contribution in [-0.4, -0.2) is 33.2 Å². The van der Waals surface area contributed by atoms with Crippen LogP contribution in [0.15, 0.2) is 71.2 Å². The molecule has 1 heterocycles. The van der Waals surface area contributed by atoms with Crippen LogP contribution in [0, 0.1) is 11.7 Å². The van der Waals surface area contributed by atoms with E-state index >= 15 is 0 Å². The zero-order valence-corrected chi connectivity index (χ0v) is 24.1. The number of nitrogens with zero attached hydrogens (tertiary/aromatic N) is 1. The number of fused-ring (bicyclic) bond motifs is 1. The first-order valence-corrected chi connectivity index (χ1v) is 13.8. The van der Waals surface area contributed by atoms with Gasteiger partial charge in [0.05, 0.1) is 11.7 Å². The number of allylic oxidation sites excluding steroid dienone is 1. The van der Waals surface area contributed by atoms with E-state index in [1.54, 1.807) is 19.2 Å². The molecule has 5 rings (SSSR count). The molecule has 0 saturated heterocycles. The Morgan fingerprint density at radius 2 is 1.75 bits per heavy atom. The quantitative estimate of drug-likeness (QED) is 0.218. The SMILES string of the molecule is C=C(C)C(c1cc(-c2cc3c(C(=O)NC)c(-c4ccc(F)cc4)oc3cc2N(C)C)ccc1OC(C)C)C1CC1. The molecule has 1 unspecified atom stereocenters. The fraction of sp³-hybridized carbons (Fsp3) is 0.324. The lowest BCUT2D eigenvalue weighted by molar-refractivity contribution is 0.0964. The van der Waals surface area contributed by atoms with E-state index < -0.39 is 0 Å². The lowest BCUT2D eigenvalue weighted by atomic mass is 9.85. The third-order valence-electron chi connectivity index (χ3n) is 7.49. The van der Waals surface area contributed by atoms with Gasteiger partial charge >= 0.3 is 0 Å². The van der Waals surface area contributed by atoms with Crippen LogP contribution < -0.4 is 15.0 Å². The van der Waals surface area contributed by atoms with E-state index in [4.69, 9.17) is 9.15 Å². The van der Waals surface area contributed by atoms with Gasteiger partial charge in [-0.2, -0.15) is 0 Å². The van der Waals surface area contributed by atoms with E-state index in [1.807, 2.05) is 45.0 Å². The fourth-order valence-corrected chi connectivity index (χ4v) is 5.56. The first kappa shape index (κ1) is 27.5. The summed E-state index contributed by atoms with van der Waals surface area (Å²) in [4.78, 5) is 15.2. The maximum absolute atomic E-state index is 13.7. The number of carbonyl (C=O) groups is 1. The number of nitrogens with one attached hydrogen (secondary N) is 1. The molecule has 1 fully saturated rings. The number of rotatable bonds is 9. The summed E-state index contributed by atoms with van der Waals surface area (Å²) in [5.74, 6) is 1.48. The molecule has 208 valence electrons. The number of carbonyl (C=O) groups excluding carboxylic acids is 1. The van der Waals surface area contributed by atoms with Crippen LogP contribution in [0.4, 0.5) is 10.1 Å². The molecule has 0 spiro atoms. The molecule has 3 aromatic carbocycles. The highest BCUT2D eigenvalue weighted by Gasteiger charge is 2.35. The molecule has 1 aliphatic carbocycles. The Morgan fingerprint density at radius 3 is 2.33 bits per heavy atom. The predicted octanol–water partition coefficient (Wildman–Crippen LogP) is 8.19. The fourth-order valence-electron chi connectivity index (χ4n) is 5.56. The van der Waals surface area contributed by atoms with Crippen LogP contribution in [-0.2, 0) is 0 Å². The molecule has 0 aliphatic heterocycles. The number of hydrogen-bond acceptors (Lipinski definition) is 4. The van der Waals surface area contributed by atoms with Crippen LogP contribution in [0.3, 0.4) is 0 Å². The Kier molecular flexibility index (Phi) is 7.45. The normalized spacial score (nSPS) is 13.9. The van der Waals surface area contributed by atoms with Crippen molar-refractivity contribution in [3.05, 3.63) is 83.7 Å². The standard InChI is InChI=1S/C34H37FN2O3/c1-19(2)31(21-8-9-21)26-16-23(12-15-29(26)39-20(3)4)25-17-27-30(18-28(25)37(6)7)40-33(32(27)34(38)36-5)22-10-13-24(35)14-11-22/h10-18,20-21,31H,1,8-9H2,2-7H3,(H,36,38). The van der Waals surface area contributed by atoms with E-state index in [2.05, 4.69) is 37.0 Å². The zero-order valence-electron chi connectivity index (χ0n) is 24.1. The minimum Gasteiger partial charge on any atom is -0.491 e. The Morgan fingerprint density at radius 1 is 1.07 bits per heavy atom. The van der Waals surface area contributed by atoms with Gasteiger partial charge in [-0.15, -0.1) is 0 Å². The molecule has 1 aromatic heterocycles. The second kappa shape index (κ2) is 10.8. The van der Waals surface area contributed by atoms with Crippen LogP contribution in [0.1, 0.15) is 55.5 Å². The number of halogens is 1. The molecule has 1 N–H and O–H groups in total. The number of anilines is 1. The van der Waals surface area contributed by atoms with Crippen molar-refractivity contribution in [3.63, 3.8) is 0 Å². The molecule has 4 aromatic rings. The van der Waals surface area contributed by atoms with Crippen LogP contribution in [0.2, 0.25) is 0 Å². The van der Waals surface area contributed by atoms with Crippen LogP contribution >= 0.6 is 0 Å². The van der Waals surface area contributed by atoms with E-state index in [1.165, 1.54) is 25.0 Å². The van der Waals surface area contributed by atoms with E-state index in [0.29, 0.717) is 33.8 Å². The molecule has 1 amide bonds. The number of furan rings is 1. The molecule has 1 aliphatic rings. The second-order valence-electron chi connectivity index (χ2n) is 11.2. The average Bonchev–Trinajstić information content (AvgIpc) is 3.67. The Bertz CT molecular complexity index is 1580. The van der Waals surface area contributed by atoms with Crippen LogP contribution in [0.25, 0.3) is 33.4 Å². The monoisotopic (exact) mass is 540 g/mol. The van der Waals surface area contributed by atoms with Gasteiger partial charge in [-0.3, -0.25) is 4.79 Å². The van der Waals surface area contributed by atoms with E-state index in [9.17, 15) is 9.18 Å². The highest BCUT2D eigenvalue weighted by molar-refractivity contribution is 6.12. The van der Waals surface area contributed by atoms with Crippen molar-refractivity contribution in [2.45, 2.75) is 45.6 Å². The highest BCUT2D eigenvalue weighted by atomic mass is 19.1. The van der Waals surface area contributed by atoms with Gasteiger partial charge in [0.2, 0.25) is 0 Å². The summed E-state index contributed by atoms with van der Waals surface area (Å²) in [7, 11) is 5.58. The molecule has 40 heavy (non-hydrogen) atoms. The Balaban J connectivity index is 1.75. The predicted molar refractivity (Wildman–Crippen MR) is 161 cm³/mol. The minimum atomic E-state index is -0.349. The topological polar surface area (TPSA) is 54.7 Å². The largest absolute Gasteiger partial charge is 0.491 e. The molecule has 6 heteroatoms. The molecule has 0 bridgehead atoms. The van der Waals surface area contributed by atoms with Gasteiger partial charge in [-0.05, 0) is 87.6 Å². The first-order valence-electron chi connectivity index (χ1n) is 13.8. The second-order valence-corrected chi connectivity index (χ2v) is 11.2.